The van der Waals surface area contributed by atoms with Crippen LogP contribution in [-0.4, -0.2) is 25.6 Å². The van der Waals surface area contributed by atoms with E-state index in [1.165, 1.54) is 7.11 Å². The summed E-state index contributed by atoms with van der Waals surface area (Å²) in [4.78, 5) is 24.8. The Morgan fingerprint density at radius 1 is 1.44 bits per heavy atom. The minimum Gasteiger partial charge on any atom is -0.495 e. The second-order valence-electron chi connectivity index (χ2n) is 4.30. The average molecular weight is 251 g/mol. The molecule has 1 atom stereocenters. The fourth-order valence-electron chi connectivity index (χ4n) is 2.04. The van der Waals surface area contributed by atoms with E-state index in [1.54, 1.807) is 12.1 Å². The number of benzene rings is 1. The Labute approximate surface area is 104 Å². The number of imide groups is 1. The van der Waals surface area contributed by atoms with Crippen molar-refractivity contribution in [1.82, 2.24) is 0 Å². The molecule has 0 spiro atoms. The van der Waals surface area contributed by atoms with E-state index in [4.69, 9.17) is 4.74 Å². The molecule has 4 nitrogen and oxygen atoms in total. The number of hydrogen-bond donors (Lipinski definition) is 0. The second-order valence-corrected chi connectivity index (χ2v) is 4.30. The van der Waals surface area contributed by atoms with Crippen molar-refractivity contribution < 1.29 is 18.7 Å². The molecule has 1 heterocycles. The summed E-state index contributed by atoms with van der Waals surface area (Å²) in [6.07, 6.45) is -0.0770. The molecule has 0 bridgehead atoms. The smallest absolute Gasteiger partial charge is 0.240 e. The maximum atomic E-state index is 12.6. The number of ether oxygens (including phenoxy) is 1. The summed E-state index contributed by atoms with van der Waals surface area (Å²) in [5, 5.41) is 0. The van der Waals surface area contributed by atoms with Crippen LogP contribution in [0.2, 0.25) is 0 Å². The lowest BCUT2D eigenvalue weighted by atomic mass is 10.1. The van der Waals surface area contributed by atoms with Gasteiger partial charge in [0.2, 0.25) is 11.8 Å². The molecule has 2 amide bonds. The number of amides is 2. The number of aryl methyl sites for hydroxylation is 1. The number of rotatable bonds is 3. The first-order chi connectivity index (χ1) is 8.58. The number of hydrogen-bond acceptors (Lipinski definition) is 3. The number of nitrogens with zero attached hydrogens (tertiary/aromatic N) is 1. The van der Waals surface area contributed by atoms with Crippen molar-refractivity contribution in [2.45, 2.75) is 13.3 Å². The SMILES string of the molecule is COc1ccc(C)cc1N1C(=O)CC(CF)C1=O. The van der Waals surface area contributed by atoms with Gasteiger partial charge in [-0.15, -0.1) is 0 Å². The first-order valence-corrected chi connectivity index (χ1v) is 5.66. The first-order valence-electron chi connectivity index (χ1n) is 5.66. The van der Waals surface area contributed by atoms with Crippen molar-refractivity contribution in [3.63, 3.8) is 0 Å². The molecule has 1 aromatic rings. The van der Waals surface area contributed by atoms with E-state index in [9.17, 15) is 14.0 Å². The molecule has 96 valence electrons. The van der Waals surface area contributed by atoms with Crippen LogP contribution in [-0.2, 0) is 9.59 Å². The predicted molar refractivity (Wildman–Crippen MR) is 64.3 cm³/mol. The van der Waals surface area contributed by atoms with Crippen LogP contribution in [0, 0.1) is 12.8 Å². The monoisotopic (exact) mass is 251 g/mol. The molecule has 0 N–H and O–H groups in total. The molecule has 1 unspecified atom stereocenters. The van der Waals surface area contributed by atoms with Crippen molar-refractivity contribution in [3.8, 4) is 5.75 Å². The Kier molecular flexibility index (Phi) is 3.32. The summed E-state index contributed by atoms with van der Waals surface area (Å²) < 4.78 is 17.8. The molecule has 2 rings (SSSR count). The van der Waals surface area contributed by atoms with Crippen molar-refractivity contribution in [2.24, 2.45) is 5.92 Å². The van der Waals surface area contributed by atoms with Crippen LogP contribution in [0.5, 0.6) is 5.75 Å². The molecule has 1 aliphatic heterocycles. The number of carbonyl (C=O) groups is 2. The number of carbonyl (C=O) groups excluding carboxylic acids is 2. The van der Waals surface area contributed by atoms with Crippen molar-refractivity contribution in [2.75, 3.05) is 18.7 Å². The summed E-state index contributed by atoms with van der Waals surface area (Å²) in [7, 11) is 1.46. The minimum absolute atomic E-state index is 0.0770. The Morgan fingerprint density at radius 3 is 2.72 bits per heavy atom. The number of methoxy groups -OCH3 is 1. The van der Waals surface area contributed by atoms with Crippen LogP contribution >= 0.6 is 0 Å². The third-order valence-corrected chi connectivity index (χ3v) is 3.00. The highest BCUT2D eigenvalue weighted by atomic mass is 19.1. The zero-order valence-corrected chi connectivity index (χ0v) is 10.3. The highest BCUT2D eigenvalue weighted by Crippen LogP contribution is 2.34. The van der Waals surface area contributed by atoms with Gasteiger partial charge in [-0.05, 0) is 24.6 Å². The van der Waals surface area contributed by atoms with Crippen molar-refractivity contribution in [1.29, 1.82) is 0 Å². The van der Waals surface area contributed by atoms with Crippen molar-refractivity contribution >= 4 is 17.5 Å². The van der Waals surface area contributed by atoms with Crippen LogP contribution in [0.25, 0.3) is 0 Å². The lowest BCUT2D eigenvalue weighted by molar-refractivity contribution is -0.122. The lowest BCUT2D eigenvalue weighted by Crippen LogP contribution is -2.31. The fourth-order valence-corrected chi connectivity index (χ4v) is 2.04. The Balaban J connectivity index is 2.45. The van der Waals surface area contributed by atoms with E-state index < -0.39 is 18.5 Å². The maximum Gasteiger partial charge on any atom is 0.240 e. The average Bonchev–Trinajstić information content (AvgIpc) is 2.64. The van der Waals surface area contributed by atoms with Gasteiger partial charge in [0.05, 0.1) is 18.7 Å². The third-order valence-electron chi connectivity index (χ3n) is 3.00. The van der Waals surface area contributed by atoms with E-state index >= 15 is 0 Å². The first kappa shape index (κ1) is 12.5. The highest BCUT2D eigenvalue weighted by Gasteiger charge is 2.40. The number of halogens is 1. The third kappa shape index (κ3) is 1.96. The highest BCUT2D eigenvalue weighted by molar-refractivity contribution is 6.21. The van der Waals surface area contributed by atoms with Crippen LogP contribution in [0.4, 0.5) is 10.1 Å². The largest absolute Gasteiger partial charge is 0.495 e. The molecule has 5 heteroatoms. The van der Waals surface area contributed by atoms with Gasteiger partial charge in [0, 0.05) is 6.42 Å². The molecule has 0 aromatic heterocycles. The van der Waals surface area contributed by atoms with Crippen LogP contribution in [0.1, 0.15) is 12.0 Å². The van der Waals surface area contributed by atoms with Gasteiger partial charge in [0.1, 0.15) is 12.4 Å². The van der Waals surface area contributed by atoms with E-state index in [1.807, 2.05) is 13.0 Å². The van der Waals surface area contributed by atoms with Crippen LogP contribution in [0.3, 0.4) is 0 Å². The lowest BCUT2D eigenvalue weighted by Gasteiger charge is -2.18. The molecule has 1 aliphatic rings. The van der Waals surface area contributed by atoms with E-state index in [0.29, 0.717) is 11.4 Å². The van der Waals surface area contributed by atoms with E-state index in [2.05, 4.69) is 0 Å². The Hall–Kier alpha value is -1.91. The molecule has 18 heavy (non-hydrogen) atoms. The summed E-state index contributed by atoms with van der Waals surface area (Å²) >= 11 is 0. The summed E-state index contributed by atoms with van der Waals surface area (Å²) in [5.74, 6) is -1.30. The summed E-state index contributed by atoms with van der Waals surface area (Å²) in [6.45, 7) is 1.04. The normalized spacial score (nSPS) is 19.5. The summed E-state index contributed by atoms with van der Waals surface area (Å²) in [6, 6.07) is 5.20. The zero-order chi connectivity index (χ0) is 13.3. The second kappa shape index (κ2) is 4.76. The van der Waals surface area contributed by atoms with Gasteiger partial charge in [-0.3, -0.25) is 14.0 Å². The van der Waals surface area contributed by atoms with E-state index in [-0.39, 0.29) is 12.3 Å². The van der Waals surface area contributed by atoms with E-state index in [0.717, 1.165) is 10.5 Å². The quantitative estimate of drug-likeness (QED) is 0.770. The van der Waals surface area contributed by atoms with Gasteiger partial charge in [-0.2, -0.15) is 0 Å². The van der Waals surface area contributed by atoms with Gasteiger partial charge in [0.25, 0.3) is 0 Å². The van der Waals surface area contributed by atoms with Crippen molar-refractivity contribution in [3.05, 3.63) is 23.8 Å². The number of alkyl halides is 1. The Morgan fingerprint density at radius 2 is 2.17 bits per heavy atom. The minimum atomic E-state index is -0.859. The molecular formula is C13H14FNO3. The molecule has 0 radical (unpaired) electrons. The topological polar surface area (TPSA) is 46.6 Å². The summed E-state index contributed by atoms with van der Waals surface area (Å²) in [5.41, 5.74) is 1.29. The Bertz CT molecular complexity index is 501. The molecule has 1 saturated heterocycles. The fraction of sp³-hybridized carbons (Fsp3) is 0.385. The van der Waals surface area contributed by atoms with Crippen LogP contribution < -0.4 is 9.64 Å². The van der Waals surface area contributed by atoms with Gasteiger partial charge in [-0.25, -0.2) is 4.90 Å². The molecule has 1 fully saturated rings. The molecule has 1 aromatic carbocycles. The van der Waals surface area contributed by atoms with Gasteiger partial charge < -0.3 is 4.74 Å². The molecular weight excluding hydrogens is 237 g/mol. The van der Waals surface area contributed by atoms with Gasteiger partial charge >= 0.3 is 0 Å². The van der Waals surface area contributed by atoms with Gasteiger partial charge in [0.15, 0.2) is 0 Å². The zero-order valence-electron chi connectivity index (χ0n) is 10.3. The molecule has 0 saturated carbocycles. The van der Waals surface area contributed by atoms with Crippen LogP contribution in [0.15, 0.2) is 18.2 Å². The maximum absolute atomic E-state index is 12.6. The standard InChI is InChI=1S/C13H14FNO3/c1-8-3-4-11(18-2)10(5-8)15-12(16)6-9(7-14)13(15)17/h3-5,9H,6-7H2,1-2H3. The molecule has 0 aliphatic carbocycles. The van der Waals surface area contributed by atoms with Gasteiger partial charge in [-0.1, -0.05) is 6.07 Å². The number of anilines is 1. The predicted octanol–water partition coefficient (Wildman–Crippen LogP) is 1.85.